The normalized spacial score (nSPS) is 14.7. The molecule has 29 heavy (non-hydrogen) atoms. The van der Waals surface area contributed by atoms with Crippen molar-refractivity contribution in [2.45, 2.75) is 27.2 Å². The Hall–Kier alpha value is -3.61. The molecule has 0 saturated carbocycles. The first-order valence-corrected chi connectivity index (χ1v) is 9.52. The second kappa shape index (κ2) is 9.05. The fourth-order valence-corrected chi connectivity index (χ4v) is 2.81. The summed E-state index contributed by atoms with van der Waals surface area (Å²) in [5.74, 6) is 0.426. The van der Waals surface area contributed by atoms with Crippen molar-refractivity contribution >= 4 is 34.6 Å². The third kappa shape index (κ3) is 4.63. The van der Waals surface area contributed by atoms with Gasteiger partial charge in [-0.2, -0.15) is 10.1 Å². The summed E-state index contributed by atoms with van der Waals surface area (Å²) >= 11 is 0. The molecule has 0 bridgehead atoms. The fourth-order valence-electron chi connectivity index (χ4n) is 2.81. The number of anilines is 3. The van der Waals surface area contributed by atoms with Crippen molar-refractivity contribution in [1.29, 1.82) is 0 Å². The second-order valence-corrected chi connectivity index (χ2v) is 6.38. The second-order valence-electron chi connectivity index (χ2n) is 6.38. The van der Waals surface area contributed by atoms with E-state index in [9.17, 15) is 9.59 Å². The van der Waals surface area contributed by atoms with E-state index in [1.165, 1.54) is 5.01 Å². The Morgan fingerprint density at radius 2 is 1.86 bits per heavy atom. The Morgan fingerprint density at radius 1 is 1.14 bits per heavy atom. The van der Waals surface area contributed by atoms with Gasteiger partial charge in [0.25, 0.3) is 5.91 Å². The quantitative estimate of drug-likeness (QED) is 0.694. The number of carbonyl (C=O) groups is 2. The van der Waals surface area contributed by atoms with E-state index < -0.39 is 0 Å². The van der Waals surface area contributed by atoms with Gasteiger partial charge in [-0.3, -0.25) is 9.59 Å². The number of carbonyl (C=O) groups excluding carboxylic acids is 2. The molecule has 1 heterocycles. The predicted octanol–water partition coefficient (Wildman–Crippen LogP) is 4.15. The molecule has 0 unspecified atom stereocenters. The number of hydrogen-bond acceptors (Lipinski definition) is 5. The lowest BCUT2D eigenvalue weighted by molar-refractivity contribution is -0.116. The molecule has 2 N–H and O–H groups in total. The molecule has 0 radical (unpaired) electrons. The summed E-state index contributed by atoms with van der Waals surface area (Å²) in [6.07, 6.45) is 2.05. The summed E-state index contributed by atoms with van der Waals surface area (Å²) < 4.78 is 5.60. The van der Waals surface area contributed by atoms with Crippen LogP contribution in [0.25, 0.3) is 0 Å². The van der Waals surface area contributed by atoms with Crippen molar-refractivity contribution in [2.75, 3.05) is 22.2 Å². The molecule has 2 aromatic carbocycles. The summed E-state index contributed by atoms with van der Waals surface area (Å²) in [6.45, 7) is 6.05. The van der Waals surface area contributed by atoms with Crippen LogP contribution in [0.15, 0.2) is 65.4 Å². The highest BCUT2D eigenvalue weighted by Gasteiger charge is 2.28. The van der Waals surface area contributed by atoms with Crippen LogP contribution in [0.1, 0.15) is 27.2 Å². The Bertz CT molecular complexity index is 964. The van der Waals surface area contributed by atoms with Gasteiger partial charge in [0, 0.05) is 18.3 Å². The first-order chi connectivity index (χ1) is 14.0. The summed E-state index contributed by atoms with van der Waals surface area (Å²) in [5, 5.41) is 11.7. The van der Waals surface area contributed by atoms with Gasteiger partial charge < -0.3 is 15.4 Å². The van der Waals surface area contributed by atoms with Crippen molar-refractivity contribution in [3.05, 3.63) is 60.3 Å². The van der Waals surface area contributed by atoms with E-state index in [1.54, 1.807) is 44.3 Å². The molecule has 1 aliphatic rings. The topological polar surface area (TPSA) is 83.0 Å². The third-order valence-electron chi connectivity index (χ3n) is 4.34. The van der Waals surface area contributed by atoms with Gasteiger partial charge in [-0.1, -0.05) is 19.1 Å². The van der Waals surface area contributed by atoms with Crippen LogP contribution in [-0.2, 0) is 9.59 Å². The van der Waals surface area contributed by atoms with Crippen molar-refractivity contribution < 1.29 is 14.3 Å². The number of hydrazone groups is 1. The molecule has 7 heteroatoms. The Morgan fingerprint density at radius 3 is 2.55 bits per heavy atom. The Labute approximate surface area is 170 Å². The minimum absolute atomic E-state index is 0.0625. The average Bonchev–Trinajstić information content (AvgIpc) is 3.01. The van der Waals surface area contributed by atoms with Crippen LogP contribution in [0.5, 0.6) is 5.75 Å². The van der Waals surface area contributed by atoms with Gasteiger partial charge in [0.05, 0.1) is 29.3 Å². The molecular weight excluding hydrogens is 368 g/mol. The SMILES string of the molecule is CCOc1ccccc1NC=C1C(=O)N(c2ccc(NC(=O)CC)cc2)N=C1C. The van der Waals surface area contributed by atoms with E-state index in [0.29, 0.717) is 41.4 Å². The maximum atomic E-state index is 12.9. The van der Waals surface area contributed by atoms with Gasteiger partial charge in [-0.05, 0) is 50.2 Å². The molecule has 1 aliphatic heterocycles. The summed E-state index contributed by atoms with van der Waals surface area (Å²) in [5.41, 5.74) is 3.16. The summed E-state index contributed by atoms with van der Waals surface area (Å²) in [6, 6.07) is 14.5. The van der Waals surface area contributed by atoms with E-state index in [1.807, 2.05) is 31.2 Å². The van der Waals surface area contributed by atoms with Crippen molar-refractivity contribution in [2.24, 2.45) is 5.10 Å². The van der Waals surface area contributed by atoms with Gasteiger partial charge in [0.1, 0.15) is 5.75 Å². The average molecular weight is 392 g/mol. The zero-order valence-corrected chi connectivity index (χ0v) is 16.7. The summed E-state index contributed by atoms with van der Waals surface area (Å²) in [7, 11) is 0. The van der Waals surface area contributed by atoms with E-state index >= 15 is 0 Å². The van der Waals surface area contributed by atoms with Gasteiger partial charge in [-0.25, -0.2) is 0 Å². The van der Waals surface area contributed by atoms with E-state index in [-0.39, 0.29) is 11.8 Å². The highest BCUT2D eigenvalue weighted by atomic mass is 16.5. The number of amides is 2. The Kier molecular flexibility index (Phi) is 6.29. The number of ether oxygens (including phenoxy) is 1. The van der Waals surface area contributed by atoms with Crippen LogP contribution in [0.3, 0.4) is 0 Å². The van der Waals surface area contributed by atoms with Crippen LogP contribution >= 0.6 is 0 Å². The molecule has 0 aromatic heterocycles. The zero-order valence-electron chi connectivity index (χ0n) is 16.7. The van der Waals surface area contributed by atoms with Crippen molar-refractivity contribution in [3.63, 3.8) is 0 Å². The molecule has 3 rings (SSSR count). The maximum absolute atomic E-state index is 12.9. The lowest BCUT2D eigenvalue weighted by Gasteiger charge is -2.13. The Balaban J connectivity index is 1.75. The highest BCUT2D eigenvalue weighted by Crippen LogP contribution is 2.27. The largest absolute Gasteiger partial charge is 0.492 e. The zero-order chi connectivity index (χ0) is 20.8. The van der Waals surface area contributed by atoms with Crippen LogP contribution < -0.4 is 20.4 Å². The summed E-state index contributed by atoms with van der Waals surface area (Å²) in [4.78, 5) is 24.4. The fraction of sp³-hybridized carbons (Fsp3) is 0.227. The first kappa shape index (κ1) is 20.1. The monoisotopic (exact) mass is 392 g/mol. The van der Waals surface area contributed by atoms with Crippen molar-refractivity contribution in [3.8, 4) is 5.75 Å². The van der Waals surface area contributed by atoms with Crippen LogP contribution in [0.4, 0.5) is 17.1 Å². The number of rotatable bonds is 7. The molecule has 150 valence electrons. The van der Waals surface area contributed by atoms with E-state index in [2.05, 4.69) is 15.7 Å². The molecule has 0 aliphatic carbocycles. The molecule has 0 saturated heterocycles. The van der Waals surface area contributed by atoms with Crippen LogP contribution in [-0.4, -0.2) is 24.1 Å². The van der Waals surface area contributed by atoms with E-state index in [4.69, 9.17) is 4.74 Å². The number of nitrogens with one attached hydrogen (secondary N) is 2. The lowest BCUT2D eigenvalue weighted by atomic mass is 10.2. The molecule has 0 atom stereocenters. The number of hydrogen-bond donors (Lipinski definition) is 2. The molecule has 2 aromatic rings. The maximum Gasteiger partial charge on any atom is 0.282 e. The highest BCUT2D eigenvalue weighted by molar-refractivity contribution is 6.29. The van der Waals surface area contributed by atoms with Crippen LogP contribution in [0, 0.1) is 0 Å². The minimum Gasteiger partial charge on any atom is -0.492 e. The standard InChI is InChI=1S/C22H24N4O3/c1-4-21(27)24-16-10-12-17(13-11-16)26-22(28)18(15(3)25-26)14-23-19-8-6-7-9-20(19)29-5-2/h6-14,23H,4-5H2,1-3H3,(H,24,27). The van der Waals surface area contributed by atoms with Crippen molar-refractivity contribution in [1.82, 2.24) is 0 Å². The minimum atomic E-state index is -0.228. The van der Waals surface area contributed by atoms with Gasteiger partial charge in [-0.15, -0.1) is 0 Å². The van der Waals surface area contributed by atoms with Crippen LogP contribution in [0.2, 0.25) is 0 Å². The number of para-hydroxylation sites is 2. The molecule has 2 amide bonds. The van der Waals surface area contributed by atoms with Gasteiger partial charge in [0.15, 0.2) is 0 Å². The number of benzene rings is 2. The first-order valence-electron chi connectivity index (χ1n) is 9.52. The molecule has 0 fully saturated rings. The predicted molar refractivity (Wildman–Crippen MR) is 115 cm³/mol. The number of nitrogens with zero attached hydrogens (tertiary/aromatic N) is 2. The molecule has 7 nitrogen and oxygen atoms in total. The molecular formula is C22H24N4O3. The van der Waals surface area contributed by atoms with Gasteiger partial charge >= 0.3 is 0 Å². The lowest BCUT2D eigenvalue weighted by Crippen LogP contribution is -2.21. The molecule has 0 spiro atoms. The van der Waals surface area contributed by atoms with E-state index in [0.717, 1.165) is 5.69 Å². The smallest absolute Gasteiger partial charge is 0.282 e. The van der Waals surface area contributed by atoms with Gasteiger partial charge in [0.2, 0.25) is 5.91 Å². The third-order valence-corrected chi connectivity index (χ3v) is 4.34.